The monoisotopic (exact) mass is 312 g/mol. The predicted molar refractivity (Wildman–Crippen MR) is 85.5 cm³/mol. The Morgan fingerprint density at radius 1 is 1.13 bits per heavy atom. The van der Waals surface area contributed by atoms with Crippen molar-refractivity contribution < 1.29 is 9.90 Å². The summed E-state index contributed by atoms with van der Waals surface area (Å²) in [7, 11) is 0. The van der Waals surface area contributed by atoms with E-state index in [2.05, 4.69) is 10.00 Å². The number of aliphatic hydroxyl groups excluding tert-OH is 1. The minimum atomic E-state index is -0.259. The zero-order chi connectivity index (χ0) is 15.8. The van der Waals surface area contributed by atoms with Crippen LogP contribution in [0, 0.1) is 0 Å². The van der Waals surface area contributed by atoms with Crippen molar-refractivity contribution >= 4 is 5.91 Å². The van der Waals surface area contributed by atoms with E-state index in [-0.39, 0.29) is 18.1 Å². The molecule has 1 aromatic heterocycles. The molecule has 0 bridgehead atoms. The second kappa shape index (κ2) is 5.79. The third kappa shape index (κ3) is 2.64. The Morgan fingerprint density at radius 2 is 1.96 bits per heavy atom. The topological polar surface area (TPSA) is 61.6 Å². The number of nitrogens with zero attached hydrogens (tertiary/aromatic N) is 4. The van der Waals surface area contributed by atoms with Crippen molar-refractivity contribution in [3.05, 3.63) is 48.3 Å². The maximum atomic E-state index is 12.9. The van der Waals surface area contributed by atoms with Crippen LogP contribution in [0.4, 0.5) is 0 Å². The fraction of sp³-hybridized carbons (Fsp3) is 0.412. The Balaban J connectivity index is 1.55. The average Bonchev–Trinajstić information content (AvgIpc) is 3.19. The van der Waals surface area contributed by atoms with Gasteiger partial charge in [-0.1, -0.05) is 18.2 Å². The van der Waals surface area contributed by atoms with Gasteiger partial charge < -0.3 is 10.0 Å². The maximum absolute atomic E-state index is 12.9. The van der Waals surface area contributed by atoms with Crippen LogP contribution in [0.25, 0.3) is 5.69 Å². The van der Waals surface area contributed by atoms with E-state index >= 15 is 0 Å². The van der Waals surface area contributed by atoms with Crippen molar-refractivity contribution in [3.8, 4) is 5.69 Å². The molecular weight excluding hydrogens is 292 g/mol. The van der Waals surface area contributed by atoms with Crippen molar-refractivity contribution in [2.24, 2.45) is 0 Å². The van der Waals surface area contributed by atoms with Gasteiger partial charge in [0.1, 0.15) is 5.69 Å². The fourth-order valence-electron chi connectivity index (χ4n) is 3.60. The molecule has 4 rings (SSSR count). The zero-order valence-electron chi connectivity index (χ0n) is 12.9. The lowest BCUT2D eigenvalue weighted by Gasteiger charge is -2.37. The van der Waals surface area contributed by atoms with Crippen molar-refractivity contribution in [3.63, 3.8) is 0 Å². The minimum Gasteiger partial charge on any atom is -0.392 e. The van der Waals surface area contributed by atoms with Gasteiger partial charge in [0.15, 0.2) is 0 Å². The summed E-state index contributed by atoms with van der Waals surface area (Å²) in [6, 6.07) is 11.7. The molecule has 1 N–H and O–H groups in total. The number of hydrogen-bond donors (Lipinski definition) is 1. The second-order valence-electron chi connectivity index (χ2n) is 6.25. The fourth-order valence-corrected chi connectivity index (χ4v) is 3.60. The third-order valence-corrected chi connectivity index (χ3v) is 4.74. The number of aromatic nitrogens is 2. The molecule has 0 spiro atoms. The SMILES string of the molecule is O=C(c1ccnn1-c1ccccc1)N1CCN2C[C@H](O)C[C@H]2C1. The first kappa shape index (κ1) is 14.4. The average molecular weight is 312 g/mol. The van der Waals surface area contributed by atoms with Crippen molar-refractivity contribution in [2.45, 2.75) is 18.6 Å². The number of hydrogen-bond acceptors (Lipinski definition) is 4. The summed E-state index contributed by atoms with van der Waals surface area (Å²) in [4.78, 5) is 17.1. The highest BCUT2D eigenvalue weighted by molar-refractivity contribution is 5.93. The zero-order valence-corrected chi connectivity index (χ0v) is 12.9. The molecule has 0 aliphatic carbocycles. The first-order chi connectivity index (χ1) is 11.2. The van der Waals surface area contributed by atoms with Gasteiger partial charge in [0.2, 0.25) is 0 Å². The van der Waals surface area contributed by atoms with Crippen molar-refractivity contribution in [2.75, 3.05) is 26.2 Å². The van der Waals surface area contributed by atoms with Crippen LogP contribution < -0.4 is 0 Å². The molecule has 2 aliphatic heterocycles. The van der Waals surface area contributed by atoms with Crippen LogP contribution in [-0.4, -0.2) is 68.9 Å². The molecule has 1 amide bonds. The number of carbonyl (C=O) groups excluding carboxylic acids is 1. The lowest BCUT2D eigenvalue weighted by Crippen LogP contribution is -2.52. The molecule has 0 radical (unpaired) electrons. The van der Waals surface area contributed by atoms with E-state index in [4.69, 9.17) is 0 Å². The summed E-state index contributed by atoms with van der Waals surface area (Å²) in [6.45, 7) is 2.93. The standard InChI is InChI=1S/C17H20N4O2/c22-15-10-14-11-20(9-8-19(14)12-15)17(23)16-6-7-18-21(16)13-4-2-1-3-5-13/h1-7,14-15,22H,8-12H2/t14-,15+/m0/s1. The first-order valence-corrected chi connectivity index (χ1v) is 8.03. The van der Waals surface area contributed by atoms with Gasteiger partial charge in [-0.25, -0.2) is 4.68 Å². The summed E-state index contributed by atoms with van der Waals surface area (Å²) >= 11 is 0. The largest absolute Gasteiger partial charge is 0.392 e. The Labute approximate surface area is 134 Å². The summed E-state index contributed by atoms with van der Waals surface area (Å²) in [5.41, 5.74) is 1.47. The van der Waals surface area contributed by atoms with Crippen LogP contribution >= 0.6 is 0 Å². The van der Waals surface area contributed by atoms with E-state index in [0.29, 0.717) is 18.8 Å². The molecule has 2 saturated heterocycles. The van der Waals surface area contributed by atoms with Gasteiger partial charge in [0.05, 0.1) is 18.0 Å². The highest BCUT2D eigenvalue weighted by atomic mass is 16.3. The van der Waals surface area contributed by atoms with Crippen molar-refractivity contribution in [1.29, 1.82) is 0 Å². The van der Waals surface area contributed by atoms with E-state index in [1.54, 1.807) is 16.9 Å². The summed E-state index contributed by atoms with van der Waals surface area (Å²) in [5, 5.41) is 14.1. The lowest BCUT2D eigenvalue weighted by molar-refractivity contribution is 0.0561. The third-order valence-electron chi connectivity index (χ3n) is 4.74. The predicted octanol–water partition coefficient (Wildman–Crippen LogP) is 0.763. The quantitative estimate of drug-likeness (QED) is 0.889. The minimum absolute atomic E-state index is 0.00685. The molecule has 6 nitrogen and oxygen atoms in total. The normalized spacial score (nSPS) is 24.7. The van der Waals surface area contributed by atoms with E-state index in [1.807, 2.05) is 35.2 Å². The number of benzene rings is 1. The number of carbonyl (C=O) groups is 1. The van der Waals surface area contributed by atoms with Gasteiger partial charge in [0, 0.05) is 32.2 Å². The molecular formula is C17H20N4O2. The van der Waals surface area contributed by atoms with Crippen LogP contribution in [-0.2, 0) is 0 Å². The van der Waals surface area contributed by atoms with Gasteiger partial charge in [-0.3, -0.25) is 9.69 Å². The molecule has 6 heteroatoms. The Morgan fingerprint density at radius 3 is 2.78 bits per heavy atom. The summed E-state index contributed by atoms with van der Waals surface area (Å²) in [5.74, 6) is 0.00685. The molecule has 2 fully saturated rings. The Kier molecular flexibility index (Phi) is 3.63. The Hall–Kier alpha value is -2.18. The molecule has 2 aliphatic rings. The highest BCUT2D eigenvalue weighted by Crippen LogP contribution is 2.23. The van der Waals surface area contributed by atoms with Crippen LogP contribution in [0.2, 0.25) is 0 Å². The number of amides is 1. The van der Waals surface area contributed by atoms with Crippen LogP contribution in [0.3, 0.4) is 0 Å². The van der Waals surface area contributed by atoms with Gasteiger partial charge in [-0.2, -0.15) is 5.10 Å². The first-order valence-electron chi connectivity index (χ1n) is 8.03. The molecule has 2 atom stereocenters. The molecule has 3 heterocycles. The van der Waals surface area contributed by atoms with Crippen LogP contribution in [0.1, 0.15) is 16.9 Å². The summed E-state index contributed by atoms with van der Waals surface area (Å²) < 4.78 is 1.69. The van der Waals surface area contributed by atoms with E-state index in [0.717, 1.165) is 25.2 Å². The smallest absolute Gasteiger partial charge is 0.272 e. The van der Waals surface area contributed by atoms with Crippen molar-refractivity contribution in [1.82, 2.24) is 19.6 Å². The molecule has 2 aromatic rings. The summed E-state index contributed by atoms with van der Waals surface area (Å²) in [6.07, 6.45) is 2.15. The molecule has 0 unspecified atom stereocenters. The van der Waals surface area contributed by atoms with Crippen LogP contribution in [0.15, 0.2) is 42.6 Å². The number of aliphatic hydroxyl groups is 1. The maximum Gasteiger partial charge on any atom is 0.272 e. The van der Waals surface area contributed by atoms with Crippen LogP contribution in [0.5, 0.6) is 0 Å². The second-order valence-corrected chi connectivity index (χ2v) is 6.25. The van der Waals surface area contributed by atoms with Gasteiger partial charge in [-0.15, -0.1) is 0 Å². The molecule has 0 saturated carbocycles. The Bertz CT molecular complexity index is 700. The number of para-hydroxylation sites is 1. The molecule has 23 heavy (non-hydrogen) atoms. The number of rotatable bonds is 2. The van der Waals surface area contributed by atoms with Gasteiger partial charge in [0.25, 0.3) is 5.91 Å². The molecule has 120 valence electrons. The molecule has 1 aromatic carbocycles. The number of piperazine rings is 1. The van der Waals surface area contributed by atoms with E-state index in [1.165, 1.54) is 0 Å². The van der Waals surface area contributed by atoms with E-state index in [9.17, 15) is 9.90 Å². The number of fused-ring (bicyclic) bond motifs is 1. The van der Waals surface area contributed by atoms with Gasteiger partial charge >= 0.3 is 0 Å². The highest BCUT2D eigenvalue weighted by Gasteiger charge is 2.37. The van der Waals surface area contributed by atoms with E-state index < -0.39 is 0 Å². The lowest BCUT2D eigenvalue weighted by atomic mass is 10.1. The van der Waals surface area contributed by atoms with Gasteiger partial charge in [-0.05, 0) is 24.6 Å².